The van der Waals surface area contributed by atoms with E-state index in [2.05, 4.69) is 4.98 Å². The van der Waals surface area contributed by atoms with Gasteiger partial charge in [-0.3, -0.25) is 0 Å². The first-order valence-electron chi connectivity index (χ1n) is 6.09. The van der Waals surface area contributed by atoms with Crippen molar-refractivity contribution in [2.45, 2.75) is 0 Å². The number of halogens is 1. The van der Waals surface area contributed by atoms with Gasteiger partial charge >= 0.3 is 0 Å². The summed E-state index contributed by atoms with van der Waals surface area (Å²) in [4.78, 5) is 6.54. The third-order valence-corrected chi connectivity index (χ3v) is 3.14. The van der Waals surface area contributed by atoms with E-state index in [1.165, 1.54) is 12.1 Å². The van der Waals surface area contributed by atoms with Crippen LogP contribution in [0.3, 0.4) is 0 Å². The molecule has 0 aliphatic carbocycles. The van der Waals surface area contributed by atoms with Gasteiger partial charge in [0.15, 0.2) is 0 Å². The summed E-state index contributed by atoms with van der Waals surface area (Å²) < 4.78 is 12.9. The van der Waals surface area contributed by atoms with Gasteiger partial charge in [-0.1, -0.05) is 18.2 Å². The van der Waals surface area contributed by atoms with E-state index in [9.17, 15) is 4.39 Å². The first-order valence-corrected chi connectivity index (χ1v) is 6.09. The van der Waals surface area contributed by atoms with Crippen LogP contribution >= 0.6 is 0 Å². The molecule has 94 valence electrons. The molecule has 0 aliphatic rings. The average Bonchev–Trinajstić information content (AvgIpc) is 2.47. The molecule has 1 heterocycles. The highest BCUT2D eigenvalue weighted by atomic mass is 19.1. The van der Waals surface area contributed by atoms with Gasteiger partial charge in [0.2, 0.25) is 0 Å². The summed E-state index contributed by atoms with van der Waals surface area (Å²) in [5.41, 5.74) is 1.86. The van der Waals surface area contributed by atoms with Crippen LogP contribution in [0.5, 0.6) is 0 Å². The fourth-order valence-corrected chi connectivity index (χ4v) is 2.04. The zero-order chi connectivity index (χ0) is 13.2. The number of benzene rings is 2. The minimum atomic E-state index is -0.233. The number of aromatic nitrogens is 1. The Morgan fingerprint density at radius 2 is 1.63 bits per heavy atom. The second kappa shape index (κ2) is 4.69. The molecule has 19 heavy (non-hydrogen) atoms. The van der Waals surface area contributed by atoms with Gasteiger partial charge in [-0.05, 0) is 42.5 Å². The predicted octanol–water partition coefficient (Wildman–Crippen LogP) is 4.14. The summed E-state index contributed by atoms with van der Waals surface area (Å²) in [6, 6.07) is 18.4. The zero-order valence-electron chi connectivity index (χ0n) is 10.5. The van der Waals surface area contributed by atoms with Gasteiger partial charge in [-0.25, -0.2) is 9.37 Å². The fraction of sp³-hybridized carbons (Fsp3) is 0.0625. The van der Waals surface area contributed by atoms with Crippen LogP contribution in [-0.2, 0) is 0 Å². The lowest BCUT2D eigenvalue weighted by Crippen LogP contribution is -2.10. The van der Waals surface area contributed by atoms with E-state index < -0.39 is 0 Å². The highest BCUT2D eigenvalue weighted by Crippen LogP contribution is 2.24. The van der Waals surface area contributed by atoms with Crippen molar-refractivity contribution in [3.05, 3.63) is 66.5 Å². The first-order chi connectivity index (χ1) is 9.24. The number of nitrogens with zero attached hydrogens (tertiary/aromatic N) is 2. The monoisotopic (exact) mass is 252 g/mol. The molecule has 2 aromatic carbocycles. The van der Waals surface area contributed by atoms with Crippen LogP contribution in [0, 0.1) is 5.82 Å². The molecule has 0 bridgehead atoms. The molecular formula is C16H13FN2. The molecule has 3 heteroatoms. The molecule has 3 rings (SSSR count). The Labute approximate surface area is 111 Å². The van der Waals surface area contributed by atoms with Gasteiger partial charge in [0, 0.05) is 18.1 Å². The number of hydrogen-bond acceptors (Lipinski definition) is 2. The summed E-state index contributed by atoms with van der Waals surface area (Å²) in [5, 5.41) is 1.11. The molecule has 3 aromatic rings. The Kier molecular flexibility index (Phi) is 2.88. The Balaban J connectivity index is 2.01. The van der Waals surface area contributed by atoms with Gasteiger partial charge in [-0.15, -0.1) is 0 Å². The molecule has 0 radical (unpaired) electrons. The number of hydrogen-bond donors (Lipinski definition) is 0. The number of anilines is 2. The minimum absolute atomic E-state index is 0.233. The Morgan fingerprint density at radius 1 is 0.895 bits per heavy atom. The van der Waals surface area contributed by atoms with Crippen LogP contribution in [-0.4, -0.2) is 12.0 Å². The first kappa shape index (κ1) is 11.7. The molecule has 0 N–H and O–H groups in total. The lowest BCUT2D eigenvalue weighted by molar-refractivity contribution is 0.628. The van der Waals surface area contributed by atoms with Gasteiger partial charge in [-0.2, -0.15) is 0 Å². The van der Waals surface area contributed by atoms with Crippen molar-refractivity contribution in [2.24, 2.45) is 0 Å². The summed E-state index contributed by atoms with van der Waals surface area (Å²) in [6.45, 7) is 0. The molecule has 0 unspecified atom stereocenters. The van der Waals surface area contributed by atoms with Crippen LogP contribution in [0.4, 0.5) is 15.9 Å². The largest absolute Gasteiger partial charge is 0.329 e. The molecular weight excluding hydrogens is 239 g/mol. The number of para-hydroxylation sites is 1. The number of pyridine rings is 1. The molecule has 1 aromatic heterocycles. The zero-order valence-corrected chi connectivity index (χ0v) is 10.5. The third-order valence-electron chi connectivity index (χ3n) is 3.14. The van der Waals surface area contributed by atoms with Crippen LogP contribution in [0.2, 0.25) is 0 Å². The normalized spacial score (nSPS) is 10.6. The van der Waals surface area contributed by atoms with Crippen molar-refractivity contribution in [3.8, 4) is 0 Å². The Hall–Kier alpha value is -2.42. The maximum Gasteiger partial charge on any atom is 0.133 e. The van der Waals surface area contributed by atoms with Gasteiger partial charge in [0.25, 0.3) is 0 Å². The quantitative estimate of drug-likeness (QED) is 0.681. The van der Waals surface area contributed by atoms with E-state index >= 15 is 0 Å². The molecule has 0 aliphatic heterocycles. The highest BCUT2D eigenvalue weighted by Gasteiger charge is 2.06. The second-order valence-electron chi connectivity index (χ2n) is 4.40. The summed E-state index contributed by atoms with van der Waals surface area (Å²) in [5.74, 6) is 0.605. The Morgan fingerprint density at radius 3 is 2.42 bits per heavy atom. The fourth-order valence-electron chi connectivity index (χ4n) is 2.04. The summed E-state index contributed by atoms with van der Waals surface area (Å²) >= 11 is 0. The van der Waals surface area contributed by atoms with Crippen LogP contribution in [0.1, 0.15) is 0 Å². The van der Waals surface area contributed by atoms with Crippen molar-refractivity contribution in [2.75, 3.05) is 11.9 Å². The second-order valence-corrected chi connectivity index (χ2v) is 4.40. The van der Waals surface area contributed by atoms with Crippen LogP contribution < -0.4 is 4.90 Å². The SMILES string of the molecule is CN(c1ccc(F)cc1)c1ccc2ccccc2n1. The number of rotatable bonds is 2. The van der Waals surface area contributed by atoms with E-state index in [4.69, 9.17) is 0 Å². The maximum absolute atomic E-state index is 12.9. The molecule has 0 amide bonds. The molecule has 0 atom stereocenters. The minimum Gasteiger partial charge on any atom is -0.329 e. The summed E-state index contributed by atoms with van der Waals surface area (Å²) in [7, 11) is 1.92. The average molecular weight is 252 g/mol. The van der Waals surface area contributed by atoms with Crippen LogP contribution in [0.15, 0.2) is 60.7 Å². The smallest absolute Gasteiger partial charge is 0.133 e. The maximum atomic E-state index is 12.9. The van der Waals surface area contributed by atoms with Crippen molar-refractivity contribution in [3.63, 3.8) is 0 Å². The standard InChI is InChI=1S/C16H13FN2/c1-19(14-9-7-13(17)8-10-14)16-11-6-12-4-2-3-5-15(12)18-16/h2-11H,1H3. The molecule has 0 saturated heterocycles. The molecule has 0 fully saturated rings. The van der Waals surface area contributed by atoms with Crippen molar-refractivity contribution < 1.29 is 4.39 Å². The lowest BCUT2D eigenvalue weighted by atomic mass is 10.2. The van der Waals surface area contributed by atoms with Gasteiger partial charge < -0.3 is 4.90 Å². The van der Waals surface area contributed by atoms with Gasteiger partial charge in [0.05, 0.1) is 5.52 Å². The lowest BCUT2D eigenvalue weighted by Gasteiger charge is -2.18. The summed E-state index contributed by atoms with van der Waals surface area (Å²) in [6.07, 6.45) is 0. The van der Waals surface area contributed by atoms with E-state index in [1.54, 1.807) is 12.1 Å². The van der Waals surface area contributed by atoms with E-state index in [0.29, 0.717) is 0 Å². The van der Waals surface area contributed by atoms with Crippen molar-refractivity contribution >= 4 is 22.4 Å². The third kappa shape index (κ3) is 2.27. The van der Waals surface area contributed by atoms with Crippen molar-refractivity contribution in [1.29, 1.82) is 0 Å². The number of fused-ring (bicyclic) bond motifs is 1. The molecule has 2 nitrogen and oxygen atoms in total. The van der Waals surface area contributed by atoms with E-state index in [-0.39, 0.29) is 5.82 Å². The van der Waals surface area contributed by atoms with Gasteiger partial charge in [0.1, 0.15) is 11.6 Å². The topological polar surface area (TPSA) is 16.1 Å². The Bertz CT molecular complexity index is 707. The van der Waals surface area contributed by atoms with E-state index in [0.717, 1.165) is 22.4 Å². The highest BCUT2D eigenvalue weighted by molar-refractivity contribution is 5.81. The van der Waals surface area contributed by atoms with Crippen LogP contribution in [0.25, 0.3) is 10.9 Å². The predicted molar refractivity (Wildman–Crippen MR) is 76.2 cm³/mol. The molecule has 0 saturated carbocycles. The van der Waals surface area contributed by atoms with Crippen molar-refractivity contribution in [1.82, 2.24) is 4.98 Å². The molecule has 0 spiro atoms. The van der Waals surface area contributed by atoms with E-state index in [1.807, 2.05) is 48.3 Å².